The molecule has 0 aliphatic carbocycles. The van der Waals surface area contributed by atoms with Crippen LogP contribution in [0.2, 0.25) is 5.02 Å². The van der Waals surface area contributed by atoms with Gasteiger partial charge in [0.15, 0.2) is 0 Å². The Morgan fingerprint density at radius 2 is 1.95 bits per heavy atom. The molecule has 0 radical (unpaired) electrons. The third kappa shape index (κ3) is 4.92. The Morgan fingerprint density at radius 1 is 1.24 bits per heavy atom. The minimum absolute atomic E-state index is 0.382. The van der Waals surface area contributed by atoms with Crippen LogP contribution in [0.25, 0.3) is 6.08 Å². The van der Waals surface area contributed by atoms with Gasteiger partial charge in [-0.05, 0) is 42.0 Å². The second-order valence-electron chi connectivity index (χ2n) is 4.27. The summed E-state index contributed by atoms with van der Waals surface area (Å²) in [6.07, 6.45) is 2.58. The van der Waals surface area contributed by atoms with E-state index in [0.29, 0.717) is 22.9 Å². The van der Waals surface area contributed by atoms with Gasteiger partial charge in [0, 0.05) is 21.1 Å². The number of halogens is 2. The summed E-state index contributed by atoms with van der Waals surface area (Å²) in [7, 11) is 0. The van der Waals surface area contributed by atoms with E-state index in [1.165, 1.54) is 6.08 Å². The van der Waals surface area contributed by atoms with Gasteiger partial charge in [-0.1, -0.05) is 39.7 Å². The molecule has 3 nitrogen and oxygen atoms in total. The summed E-state index contributed by atoms with van der Waals surface area (Å²) in [5.41, 5.74) is 1.68. The molecule has 2 rings (SSSR count). The number of carbonyl (C=O) groups is 1. The van der Waals surface area contributed by atoms with Gasteiger partial charge in [0.25, 0.3) is 0 Å². The van der Waals surface area contributed by atoms with E-state index in [-0.39, 0.29) is 0 Å². The van der Waals surface area contributed by atoms with Crippen molar-refractivity contribution in [1.29, 1.82) is 0 Å². The molecule has 0 aromatic heterocycles. The van der Waals surface area contributed by atoms with Crippen molar-refractivity contribution in [3.63, 3.8) is 0 Å². The molecule has 0 aliphatic heterocycles. The maximum Gasteiger partial charge on any atom is 0.328 e. The second-order valence-corrected chi connectivity index (χ2v) is 5.62. The normalized spacial score (nSPS) is 10.8. The first-order chi connectivity index (χ1) is 10.0. The van der Waals surface area contributed by atoms with Crippen LogP contribution in [0.3, 0.4) is 0 Å². The summed E-state index contributed by atoms with van der Waals surface area (Å²) < 4.78 is 6.60. The van der Waals surface area contributed by atoms with Crippen LogP contribution >= 0.6 is 27.5 Å². The lowest BCUT2D eigenvalue weighted by molar-refractivity contribution is -0.131. The Bertz CT molecular complexity index is 666. The molecule has 1 N–H and O–H groups in total. The van der Waals surface area contributed by atoms with E-state index in [0.717, 1.165) is 16.1 Å². The molecule has 0 aliphatic rings. The monoisotopic (exact) mass is 366 g/mol. The van der Waals surface area contributed by atoms with Gasteiger partial charge in [0.05, 0.1) is 0 Å². The van der Waals surface area contributed by atoms with Crippen LogP contribution in [0.15, 0.2) is 53.0 Å². The zero-order valence-corrected chi connectivity index (χ0v) is 13.3. The molecule has 0 saturated heterocycles. The van der Waals surface area contributed by atoms with Crippen molar-refractivity contribution in [1.82, 2.24) is 0 Å². The van der Waals surface area contributed by atoms with Crippen LogP contribution in [0.1, 0.15) is 11.1 Å². The minimum Gasteiger partial charge on any atom is -0.488 e. The Kier molecular flexibility index (Phi) is 5.42. The smallest absolute Gasteiger partial charge is 0.328 e. The topological polar surface area (TPSA) is 46.5 Å². The predicted molar refractivity (Wildman–Crippen MR) is 86.6 cm³/mol. The molecular weight excluding hydrogens is 356 g/mol. The molecule has 5 heteroatoms. The number of hydrogen-bond acceptors (Lipinski definition) is 2. The highest BCUT2D eigenvalue weighted by molar-refractivity contribution is 9.10. The molecule has 2 aromatic carbocycles. The minimum atomic E-state index is -1.00. The average Bonchev–Trinajstić information content (AvgIpc) is 2.45. The zero-order chi connectivity index (χ0) is 15.2. The first kappa shape index (κ1) is 15.6. The molecular formula is C16H12BrClO3. The van der Waals surface area contributed by atoms with E-state index in [1.807, 2.05) is 18.2 Å². The fraction of sp³-hybridized carbons (Fsp3) is 0.0625. The maximum absolute atomic E-state index is 10.6. The molecule has 0 amide bonds. The number of carboxylic acids is 1. The van der Waals surface area contributed by atoms with Crippen LogP contribution in [0, 0.1) is 0 Å². The summed E-state index contributed by atoms with van der Waals surface area (Å²) in [6, 6.07) is 12.8. The largest absolute Gasteiger partial charge is 0.488 e. The lowest BCUT2D eigenvalue weighted by atomic mass is 10.2. The van der Waals surface area contributed by atoms with Gasteiger partial charge in [0.2, 0.25) is 0 Å². The Labute approximate surface area is 135 Å². The molecule has 0 bridgehead atoms. The van der Waals surface area contributed by atoms with Crippen LogP contribution in [-0.2, 0) is 11.4 Å². The quantitative estimate of drug-likeness (QED) is 0.774. The Balaban J connectivity index is 2.15. The van der Waals surface area contributed by atoms with Crippen LogP contribution in [0.4, 0.5) is 0 Å². The van der Waals surface area contributed by atoms with Gasteiger partial charge in [0.1, 0.15) is 12.4 Å². The lowest BCUT2D eigenvalue weighted by Crippen LogP contribution is -1.97. The second kappa shape index (κ2) is 7.29. The third-order valence-corrected chi connectivity index (χ3v) is 3.43. The molecule has 0 fully saturated rings. The Morgan fingerprint density at radius 3 is 2.62 bits per heavy atom. The number of ether oxygens (including phenoxy) is 1. The van der Waals surface area contributed by atoms with E-state index in [4.69, 9.17) is 21.4 Å². The molecule has 0 spiro atoms. The van der Waals surface area contributed by atoms with E-state index >= 15 is 0 Å². The highest BCUT2D eigenvalue weighted by Crippen LogP contribution is 2.25. The SMILES string of the molecule is O=C(O)/C=C/c1cc(Br)ccc1OCc1ccc(Cl)cc1. The van der Waals surface area contributed by atoms with E-state index in [1.54, 1.807) is 24.3 Å². The van der Waals surface area contributed by atoms with E-state index in [9.17, 15) is 4.79 Å². The first-order valence-corrected chi connectivity index (χ1v) is 7.29. The number of aliphatic carboxylic acids is 1. The number of benzene rings is 2. The standard InChI is InChI=1S/C16H12BrClO3/c17-13-4-7-15(12(9-13)3-8-16(19)20)21-10-11-1-5-14(18)6-2-11/h1-9H,10H2,(H,19,20)/b8-3+. The molecule has 0 unspecified atom stereocenters. The molecule has 0 atom stereocenters. The average molecular weight is 368 g/mol. The molecule has 2 aromatic rings. The van der Waals surface area contributed by atoms with Crippen molar-refractivity contribution < 1.29 is 14.6 Å². The lowest BCUT2D eigenvalue weighted by Gasteiger charge is -2.10. The van der Waals surface area contributed by atoms with Gasteiger partial charge >= 0.3 is 5.97 Å². The molecule has 108 valence electrons. The Hall–Kier alpha value is -1.78. The molecule has 0 saturated carbocycles. The summed E-state index contributed by atoms with van der Waals surface area (Å²) in [5, 5.41) is 9.39. The molecule has 21 heavy (non-hydrogen) atoms. The van der Waals surface area contributed by atoms with E-state index < -0.39 is 5.97 Å². The van der Waals surface area contributed by atoms with Crippen molar-refractivity contribution in [2.45, 2.75) is 6.61 Å². The number of carboxylic acid groups (broad SMARTS) is 1. The fourth-order valence-electron chi connectivity index (χ4n) is 1.68. The van der Waals surface area contributed by atoms with Gasteiger partial charge in [-0.15, -0.1) is 0 Å². The highest BCUT2D eigenvalue weighted by Gasteiger charge is 2.03. The number of rotatable bonds is 5. The van der Waals surface area contributed by atoms with Gasteiger partial charge in [-0.25, -0.2) is 4.79 Å². The summed E-state index contributed by atoms with van der Waals surface area (Å²) in [4.78, 5) is 10.6. The van der Waals surface area contributed by atoms with Crippen molar-refractivity contribution in [2.24, 2.45) is 0 Å². The highest BCUT2D eigenvalue weighted by atomic mass is 79.9. The van der Waals surface area contributed by atoms with Gasteiger partial charge < -0.3 is 9.84 Å². The van der Waals surface area contributed by atoms with Crippen molar-refractivity contribution in [2.75, 3.05) is 0 Å². The van der Waals surface area contributed by atoms with E-state index in [2.05, 4.69) is 15.9 Å². The van der Waals surface area contributed by atoms with Gasteiger partial charge in [-0.2, -0.15) is 0 Å². The summed E-state index contributed by atoms with van der Waals surface area (Å²) in [6.45, 7) is 0.382. The maximum atomic E-state index is 10.6. The first-order valence-electron chi connectivity index (χ1n) is 6.12. The summed E-state index contributed by atoms with van der Waals surface area (Å²) >= 11 is 9.19. The predicted octanol–water partition coefficient (Wildman–Crippen LogP) is 4.78. The molecule has 0 heterocycles. The van der Waals surface area contributed by atoms with Crippen molar-refractivity contribution >= 4 is 39.6 Å². The fourth-order valence-corrected chi connectivity index (χ4v) is 2.19. The van der Waals surface area contributed by atoms with Crippen LogP contribution in [0.5, 0.6) is 5.75 Å². The number of hydrogen-bond donors (Lipinski definition) is 1. The van der Waals surface area contributed by atoms with Gasteiger partial charge in [-0.3, -0.25) is 0 Å². The third-order valence-electron chi connectivity index (χ3n) is 2.68. The van der Waals surface area contributed by atoms with Crippen LogP contribution < -0.4 is 4.74 Å². The van der Waals surface area contributed by atoms with Crippen molar-refractivity contribution in [3.8, 4) is 5.75 Å². The summed E-state index contributed by atoms with van der Waals surface area (Å²) in [5.74, 6) is -0.385. The zero-order valence-electron chi connectivity index (χ0n) is 10.9. The van der Waals surface area contributed by atoms with Crippen LogP contribution in [-0.4, -0.2) is 11.1 Å². The van der Waals surface area contributed by atoms with Crippen molar-refractivity contribution in [3.05, 3.63) is 69.2 Å².